The summed E-state index contributed by atoms with van der Waals surface area (Å²) in [6.45, 7) is 3.55. The van der Waals surface area contributed by atoms with Gasteiger partial charge in [-0.2, -0.15) is 0 Å². The Kier molecular flexibility index (Phi) is 4.93. The normalized spacial score (nSPS) is 28.1. The van der Waals surface area contributed by atoms with Crippen molar-refractivity contribution < 1.29 is 19.1 Å². The minimum atomic E-state index is -0.851. The van der Waals surface area contributed by atoms with Crippen LogP contribution >= 0.6 is 31.9 Å². The lowest BCUT2D eigenvalue weighted by Gasteiger charge is -2.55. The van der Waals surface area contributed by atoms with Crippen LogP contribution in [0.5, 0.6) is 0 Å². The van der Waals surface area contributed by atoms with E-state index < -0.39 is 26.5 Å². The summed E-state index contributed by atoms with van der Waals surface area (Å²) in [4.78, 5) is 42.0. The van der Waals surface area contributed by atoms with Crippen LogP contribution < -0.4 is 4.90 Å². The third-order valence-electron chi connectivity index (χ3n) is 7.27. The maximum Gasteiger partial charge on any atom is 0.338 e. The third kappa shape index (κ3) is 2.82. The molecule has 2 atom stereocenters. The van der Waals surface area contributed by atoms with E-state index in [9.17, 15) is 14.4 Å². The average molecular weight is 595 g/mol. The number of carbonyl (C=O) groups is 3. The van der Waals surface area contributed by atoms with Gasteiger partial charge in [0.05, 0.1) is 37.8 Å². The summed E-state index contributed by atoms with van der Waals surface area (Å²) in [5.74, 6) is -2.40. The lowest BCUT2D eigenvalue weighted by atomic mass is 9.54. The zero-order valence-corrected chi connectivity index (χ0v) is 22.2. The van der Waals surface area contributed by atoms with Gasteiger partial charge in [-0.3, -0.25) is 9.59 Å². The van der Waals surface area contributed by atoms with Crippen LogP contribution in [0.4, 0.5) is 5.69 Å². The molecule has 1 heterocycles. The van der Waals surface area contributed by atoms with E-state index in [4.69, 9.17) is 4.74 Å². The molecule has 5 nitrogen and oxygen atoms in total. The lowest BCUT2D eigenvalue weighted by molar-refractivity contribution is -0.122. The van der Waals surface area contributed by atoms with Gasteiger partial charge in [-0.15, -0.1) is 0 Å². The van der Waals surface area contributed by atoms with Crippen LogP contribution in [0, 0.1) is 11.8 Å². The number of benzene rings is 3. The highest BCUT2D eigenvalue weighted by molar-refractivity contribution is 9.10. The molecule has 3 aromatic carbocycles. The fourth-order valence-corrected chi connectivity index (χ4v) is 8.28. The van der Waals surface area contributed by atoms with E-state index in [-0.39, 0.29) is 17.9 Å². The van der Waals surface area contributed by atoms with Crippen LogP contribution in [0.25, 0.3) is 0 Å². The molecular formula is C28H21Br2NO4. The van der Waals surface area contributed by atoms with Crippen molar-refractivity contribution in [2.45, 2.75) is 28.6 Å². The Balaban J connectivity index is 1.53. The minimum Gasteiger partial charge on any atom is -0.459 e. The first-order valence-corrected chi connectivity index (χ1v) is 13.1. The summed E-state index contributed by atoms with van der Waals surface area (Å²) in [6.07, 6.45) is -0.279. The van der Waals surface area contributed by atoms with Crippen LogP contribution in [0.15, 0.2) is 72.8 Å². The molecule has 176 valence electrons. The van der Waals surface area contributed by atoms with E-state index in [2.05, 4.69) is 31.9 Å². The summed E-state index contributed by atoms with van der Waals surface area (Å²) >= 11 is 8.00. The number of anilines is 1. The predicted octanol–water partition coefficient (Wildman–Crippen LogP) is 5.66. The number of esters is 1. The number of halogens is 2. The van der Waals surface area contributed by atoms with E-state index in [1.165, 1.54) is 4.90 Å². The van der Waals surface area contributed by atoms with Gasteiger partial charge < -0.3 is 4.74 Å². The van der Waals surface area contributed by atoms with Crippen molar-refractivity contribution in [3.05, 3.63) is 101 Å². The van der Waals surface area contributed by atoms with Gasteiger partial charge >= 0.3 is 5.97 Å². The number of carbonyl (C=O) groups excluding carboxylic acids is 3. The SMILES string of the molecule is CC(C)OC(=O)c1cccc(N2C(=O)[C@H]3[C@H](C2=O)C2(Br)c4ccccc4C3(Br)c3ccccc32)c1. The highest BCUT2D eigenvalue weighted by atomic mass is 79.9. The monoisotopic (exact) mass is 593 g/mol. The fraction of sp³-hybridized carbons (Fsp3) is 0.250. The molecule has 7 rings (SSSR count). The zero-order valence-electron chi connectivity index (χ0n) is 19.0. The van der Waals surface area contributed by atoms with Crippen molar-refractivity contribution in [2.24, 2.45) is 11.8 Å². The van der Waals surface area contributed by atoms with Gasteiger partial charge in [-0.05, 0) is 54.3 Å². The maximum absolute atomic E-state index is 14.1. The Labute approximate surface area is 219 Å². The van der Waals surface area contributed by atoms with E-state index in [0.717, 1.165) is 22.3 Å². The second kappa shape index (κ2) is 7.61. The Morgan fingerprint density at radius 3 is 1.69 bits per heavy atom. The number of nitrogens with zero attached hydrogens (tertiary/aromatic N) is 1. The Hall–Kier alpha value is -2.77. The largest absolute Gasteiger partial charge is 0.459 e. The Bertz CT molecular complexity index is 1310. The molecule has 1 aliphatic heterocycles. The van der Waals surface area contributed by atoms with Gasteiger partial charge in [-0.1, -0.05) is 86.5 Å². The van der Waals surface area contributed by atoms with Gasteiger partial charge in [0.15, 0.2) is 0 Å². The zero-order chi connectivity index (χ0) is 24.7. The van der Waals surface area contributed by atoms with Crippen LogP contribution in [0.1, 0.15) is 46.5 Å². The summed E-state index contributed by atoms with van der Waals surface area (Å²) in [7, 11) is 0. The van der Waals surface area contributed by atoms with Crippen LogP contribution in [-0.4, -0.2) is 23.9 Å². The van der Waals surface area contributed by atoms with Crippen molar-refractivity contribution >= 4 is 55.3 Å². The van der Waals surface area contributed by atoms with Crippen molar-refractivity contribution in [1.82, 2.24) is 0 Å². The molecule has 0 radical (unpaired) electrons. The number of hydrogen-bond donors (Lipinski definition) is 0. The Morgan fingerprint density at radius 2 is 1.26 bits per heavy atom. The van der Waals surface area contributed by atoms with Crippen LogP contribution in [0.3, 0.4) is 0 Å². The molecule has 0 spiro atoms. The first-order chi connectivity index (χ1) is 16.7. The molecular weight excluding hydrogens is 574 g/mol. The van der Waals surface area contributed by atoms with Crippen LogP contribution in [-0.2, 0) is 23.0 Å². The molecule has 1 saturated heterocycles. The molecule has 35 heavy (non-hydrogen) atoms. The fourth-order valence-electron chi connectivity index (χ4n) is 5.98. The first-order valence-electron chi connectivity index (χ1n) is 11.5. The average Bonchev–Trinajstić information content (AvgIpc) is 3.13. The standard InChI is InChI=1S/C28H21Br2NO4/c1-15(2)35-26(34)16-8-7-9-17(14-16)31-24(32)22-23(25(31)33)28(30)19-11-4-3-10-18(19)27(22,29)20-12-5-6-13-21(20)28/h3-15,22-23H,1-2H3/t22-,23-,27?,28?/m1/s1. The second-order valence-corrected chi connectivity index (χ2v) is 12.0. The number of hydrogen-bond acceptors (Lipinski definition) is 4. The van der Waals surface area contributed by atoms with E-state index >= 15 is 0 Å². The summed E-state index contributed by atoms with van der Waals surface area (Å²) in [6, 6.07) is 22.5. The molecule has 7 heteroatoms. The first kappa shape index (κ1) is 22.7. The molecule has 0 N–H and O–H groups in total. The molecule has 3 aliphatic carbocycles. The van der Waals surface area contributed by atoms with E-state index in [0.29, 0.717) is 11.3 Å². The van der Waals surface area contributed by atoms with E-state index in [1.54, 1.807) is 38.1 Å². The van der Waals surface area contributed by atoms with Crippen molar-refractivity contribution in [3.63, 3.8) is 0 Å². The van der Waals surface area contributed by atoms with E-state index in [1.807, 2.05) is 48.5 Å². The smallest absolute Gasteiger partial charge is 0.338 e. The minimum absolute atomic E-state index is 0.279. The topological polar surface area (TPSA) is 63.7 Å². The highest BCUT2D eigenvalue weighted by Gasteiger charge is 2.72. The predicted molar refractivity (Wildman–Crippen MR) is 139 cm³/mol. The molecule has 3 aromatic rings. The highest BCUT2D eigenvalue weighted by Crippen LogP contribution is 2.70. The van der Waals surface area contributed by atoms with Crippen LogP contribution in [0.2, 0.25) is 0 Å². The van der Waals surface area contributed by atoms with Gasteiger partial charge in [-0.25, -0.2) is 9.69 Å². The third-order valence-corrected chi connectivity index (χ3v) is 9.96. The maximum atomic E-state index is 14.1. The van der Waals surface area contributed by atoms with Gasteiger partial charge in [0.25, 0.3) is 0 Å². The van der Waals surface area contributed by atoms with Gasteiger partial charge in [0.2, 0.25) is 11.8 Å². The van der Waals surface area contributed by atoms with Gasteiger partial charge in [0.1, 0.15) is 0 Å². The second-order valence-electron chi connectivity index (χ2n) is 9.49. The molecule has 0 unspecified atom stereocenters. The van der Waals surface area contributed by atoms with Gasteiger partial charge in [0, 0.05) is 0 Å². The quantitative estimate of drug-likeness (QED) is 0.223. The van der Waals surface area contributed by atoms with Crippen molar-refractivity contribution in [3.8, 4) is 0 Å². The molecule has 4 aliphatic rings. The van der Waals surface area contributed by atoms with Crippen molar-refractivity contribution in [1.29, 1.82) is 0 Å². The molecule has 1 fully saturated rings. The molecule has 2 bridgehead atoms. The van der Waals surface area contributed by atoms with Crippen molar-refractivity contribution in [2.75, 3.05) is 4.90 Å². The summed E-state index contributed by atoms with van der Waals surface area (Å²) in [5, 5.41) is 0. The number of alkyl halides is 2. The molecule has 0 aromatic heterocycles. The number of imide groups is 1. The number of amides is 2. The lowest BCUT2D eigenvalue weighted by Crippen LogP contribution is -2.56. The summed E-state index contributed by atoms with van der Waals surface area (Å²) in [5.41, 5.74) is 4.59. The summed E-state index contributed by atoms with van der Waals surface area (Å²) < 4.78 is 3.62. The molecule has 0 saturated carbocycles. The number of rotatable bonds is 3. The molecule has 2 amide bonds. The Morgan fingerprint density at radius 1 is 0.800 bits per heavy atom. The number of ether oxygens (including phenoxy) is 1.